The lowest BCUT2D eigenvalue weighted by Crippen LogP contribution is -2.40. The molecule has 9 heteroatoms. The highest BCUT2D eigenvalue weighted by Crippen LogP contribution is 2.33. The molecule has 0 atom stereocenters. The zero-order valence-corrected chi connectivity index (χ0v) is 16.6. The van der Waals surface area contributed by atoms with Crippen molar-refractivity contribution in [2.24, 2.45) is 0 Å². The minimum absolute atomic E-state index is 0. The van der Waals surface area contributed by atoms with Crippen LogP contribution in [0.3, 0.4) is 0 Å². The van der Waals surface area contributed by atoms with Crippen molar-refractivity contribution in [1.82, 2.24) is 9.88 Å². The molecule has 0 spiro atoms. The van der Waals surface area contributed by atoms with Gasteiger partial charge < -0.3 is 15.0 Å². The van der Waals surface area contributed by atoms with Gasteiger partial charge in [0.1, 0.15) is 0 Å². The van der Waals surface area contributed by atoms with Gasteiger partial charge in [0.2, 0.25) is 0 Å². The van der Waals surface area contributed by atoms with Gasteiger partial charge >= 0.3 is 6.18 Å². The number of hydrogen-bond acceptors (Lipinski definition) is 4. The summed E-state index contributed by atoms with van der Waals surface area (Å²) in [5, 5.41) is 3.76. The number of nitrogens with one attached hydrogen (secondary N) is 1. The van der Waals surface area contributed by atoms with Crippen molar-refractivity contribution >= 4 is 40.6 Å². The van der Waals surface area contributed by atoms with E-state index in [0.717, 1.165) is 17.8 Å². The molecule has 1 aliphatic heterocycles. The lowest BCUT2D eigenvalue weighted by Gasteiger charge is -2.26. The van der Waals surface area contributed by atoms with Crippen LogP contribution in [0.2, 0.25) is 0 Å². The maximum Gasteiger partial charge on any atom is 0.416 e. The predicted octanol–water partition coefficient (Wildman–Crippen LogP) is 4.89. The Hall–Kier alpha value is -2.84. The Morgan fingerprint density at radius 3 is 2.40 bits per heavy atom. The van der Waals surface area contributed by atoms with Gasteiger partial charge in [-0.15, -0.1) is 12.4 Å². The Balaban J connectivity index is 0.00000256. The predicted molar refractivity (Wildman–Crippen MR) is 110 cm³/mol. The number of halogens is 4. The number of rotatable bonds is 3. The number of morpholine rings is 1. The minimum Gasteiger partial charge on any atom is -0.378 e. The van der Waals surface area contributed by atoms with Gasteiger partial charge in [-0.3, -0.25) is 9.78 Å². The molecule has 3 aromatic rings. The number of ether oxygens (including phenoxy) is 1. The largest absolute Gasteiger partial charge is 0.416 e. The number of carbonyl (C=O) groups is 1. The van der Waals surface area contributed by atoms with E-state index in [1.807, 2.05) is 0 Å². The molecular weight excluding hydrogens is 419 g/mol. The van der Waals surface area contributed by atoms with E-state index >= 15 is 0 Å². The van der Waals surface area contributed by atoms with Gasteiger partial charge in [0, 0.05) is 41.6 Å². The van der Waals surface area contributed by atoms with Crippen molar-refractivity contribution < 1.29 is 22.7 Å². The number of alkyl halides is 3. The fraction of sp³-hybridized carbons (Fsp3) is 0.238. The lowest BCUT2D eigenvalue weighted by atomic mass is 10.1. The van der Waals surface area contributed by atoms with E-state index in [1.54, 1.807) is 35.2 Å². The van der Waals surface area contributed by atoms with Gasteiger partial charge in [-0.05, 0) is 42.5 Å². The van der Waals surface area contributed by atoms with Crippen LogP contribution < -0.4 is 5.32 Å². The smallest absolute Gasteiger partial charge is 0.378 e. The molecule has 0 saturated carbocycles. The van der Waals surface area contributed by atoms with Crippen LogP contribution in [0.4, 0.5) is 24.5 Å². The van der Waals surface area contributed by atoms with Crippen LogP contribution in [-0.4, -0.2) is 42.1 Å². The molecule has 0 radical (unpaired) electrons. The molecule has 2 aromatic carbocycles. The van der Waals surface area contributed by atoms with Gasteiger partial charge in [0.15, 0.2) is 0 Å². The van der Waals surface area contributed by atoms with E-state index < -0.39 is 11.7 Å². The van der Waals surface area contributed by atoms with E-state index in [2.05, 4.69) is 10.3 Å². The molecule has 0 bridgehead atoms. The molecule has 0 aliphatic carbocycles. The minimum atomic E-state index is -4.41. The number of pyridine rings is 1. The Morgan fingerprint density at radius 1 is 1.03 bits per heavy atom. The first kappa shape index (κ1) is 21.9. The second-order valence-electron chi connectivity index (χ2n) is 6.70. The third-order valence-corrected chi connectivity index (χ3v) is 4.78. The van der Waals surface area contributed by atoms with Gasteiger partial charge in [-0.2, -0.15) is 13.2 Å². The summed E-state index contributed by atoms with van der Waals surface area (Å²) in [5.41, 5.74) is 1.45. The summed E-state index contributed by atoms with van der Waals surface area (Å²) in [5.74, 6) is -0.0473. The quantitative estimate of drug-likeness (QED) is 0.633. The van der Waals surface area contributed by atoms with Crippen molar-refractivity contribution in [3.8, 4) is 0 Å². The van der Waals surface area contributed by atoms with Crippen molar-refractivity contribution in [2.75, 3.05) is 31.6 Å². The van der Waals surface area contributed by atoms with Gasteiger partial charge in [-0.1, -0.05) is 6.07 Å². The molecule has 158 valence electrons. The Bertz CT molecular complexity index is 1040. The van der Waals surface area contributed by atoms with E-state index in [1.165, 1.54) is 12.3 Å². The number of amides is 1. The van der Waals surface area contributed by atoms with Crippen LogP contribution in [0.5, 0.6) is 0 Å². The second-order valence-corrected chi connectivity index (χ2v) is 6.70. The molecule has 1 aliphatic rings. The standard InChI is InChI=1S/C21H18F3N3O2.ClH/c22-21(23,24)15-3-6-17-18(7-8-25-19(17)13-15)26-16-4-1-14(2-5-16)20(28)27-9-11-29-12-10-27;/h1-8,13H,9-12H2,(H,25,26);1H. The maximum atomic E-state index is 12.9. The molecule has 0 unspecified atom stereocenters. The van der Waals surface area contributed by atoms with Gasteiger partial charge in [-0.25, -0.2) is 0 Å². The van der Waals surface area contributed by atoms with Gasteiger partial charge in [0.25, 0.3) is 5.91 Å². The van der Waals surface area contributed by atoms with Crippen LogP contribution >= 0.6 is 12.4 Å². The van der Waals surface area contributed by atoms with E-state index in [0.29, 0.717) is 42.9 Å². The van der Waals surface area contributed by atoms with Crippen molar-refractivity contribution in [1.29, 1.82) is 0 Å². The van der Waals surface area contributed by atoms with E-state index in [9.17, 15) is 18.0 Å². The summed E-state index contributed by atoms with van der Waals surface area (Å²) in [6.45, 7) is 2.22. The number of anilines is 2. The van der Waals surface area contributed by atoms with Crippen molar-refractivity contribution in [3.05, 3.63) is 65.9 Å². The molecule has 1 N–H and O–H groups in total. The monoisotopic (exact) mass is 437 g/mol. The highest BCUT2D eigenvalue weighted by molar-refractivity contribution is 5.96. The molecule has 1 fully saturated rings. The Morgan fingerprint density at radius 2 is 1.73 bits per heavy atom. The molecule has 1 amide bonds. The second kappa shape index (κ2) is 8.89. The summed E-state index contributed by atoms with van der Waals surface area (Å²) in [6.07, 6.45) is -2.96. The molecular formula is C21H19ClF3N3O2. The summed E-state index contributed by atoms with van der Waals surface area (Å²) in [6, 6.07) is 12.2. The maximum absolute atomic E-state index is 12.9. The SMILES string of the molecule is Cl.O=C(c1ccc(Nc2ccnc3cc(C(F)(F)F)ccc23)cc1)N1CCOCC1. The Labute approximate surface area is 177 Å². The number of hydrogen-bond donors (Lipinski definition) is 1. The average molecular weight is 438 g/mol. The van der Waals surface area contributed by atoms with Crippen LogP contribution in [0.15, 0.2) is 54.7 Å². The number of fused-ring (bicyclic) bond motifs is 1. The first-order valence-corrected chi connectivity index (χ1v) is 9.12. The normalized spacial score (nSPS) is 14.3. The third kappa shape index (κ3) is 4.66. The van der Waals surface area contributed by atoms with Crippen LogP contribution in [0, 0.1) is 0 Å². The molecule has 1 aromatic heterocycles. The number of nitrogens with zero attached hydrogens (tertiary/aromatic N) is 2. The first-order valence-electron chi connectivity index (χ1n) is 9.12. The van der Waals surface area contributed by atoms with Gasteiger partial charge in [0.05, 0.1) is 24.3 Å². The topological polar surface area (TPSA) is 54.5 Å². The highest BCUT2D eigenvalue weighted by Gasteiger charge is 2.30. The van der Waals surface area contributed by atoms with E-state index in [4.69, 9.17) is 4.74 Å². The fourth-order valence-corrected chi connectivity index (χ4v) is 3.23. The summed E-state index contributed by atoms with van der Waals surface area (Å²) >= 11 is 0. The fourth-order valence-electron chi connectivity index (χ4n) is 3.23. The zero-order chi connectivity index (χ0) is 20.4. The summed E-state index contributed by atoms with van der Waals surface area (Å²) in [4.78, 5) is 18.3. The summed E-state index contributed by atoms with van der Waals surface area (Å²) in [7, 11) is 0. The third-order valence-electron chi connectivity index (χ3n) is 4.78. The van der Waals surface area contributed by atoms with Crippen molar-refractivity contribution in [3.63, 3.8) is 0 Å². The molecule has 4 rings (SSSR count). The first-order chi connectivity index (χ1) is 13.9. The number of benzene rings is 2. The Kier molecular flexibility index (Phi) is 6.48. The molecule has 30 heavy (non-hydrogen) atoms. The number of carbonyl (C=O) groups excluding carboxylic acids is 1. The molecule has 1 saturated heterocycles. The highest BCUT2D eigenvalue weighted by atomic mass is 35.5. The summed E-state index contributed by atoms with van der Waals surface area (Å²) < 4.78 is 44.0. The molecule has 5 nitrogen and oxygen atoms in total. The average Bonchev–Trinajstić information content (AvgIpc) is 2.73. The van der Waals surface area contributed by atoms with Crippen molar-refractivity contribution in [2.45, 2.75) is 6.18 Å². The lowest BCUT2D eigenvalue weighted by molar-refractivity contribution is -0.137. The van der Waals surface area contributed by atoms with Crippen LogP contribution in [0.25, 0.3) is 10.9 Å². The zero-order valence-electron chi connectivity index (χ0n) is 15.8. The van der Waals surface area contributed by atoms with Crippen LogP contribution in [-0.2, 0) is 10.9 Å². The van der Waals surface area contributed by atoms with Crippen LogP contribution in [0.1, 0.15) is 15.9 Å². The molecule has 2 heterocycles. The van der Waals surface area contributed by atoms with E-state index in [-0.39, 0.29) is 23.8 Å². The number of aromatic nitrogens is 1.